The second kappa shape index (κ2) is 2.21. The fourth-order valence-electron chi connectivity index (χ4n) is 0.757. The molecule has 58 valence electrons. The number of amides is 2. The first-order valence-electron chi connectivity index (χ1n) is 2.82. The van der Waals surface area contributed by atoms with Crippen molar-refractivity contribution in [2.45, 2.75) is 0 Å². The first-order chi connectivity index (χ1) is 5.09. The van der Waals surface area contributed by atoms with E-state index in [1.165, 1.54) is 12.2 Å². The normalized spacial score (nSPS) is 18.5. The summed E-state index contributed by atoms with van der Waals surface area (Å²) in [4.78, 5) is 20.9. The summed E-state index contributed by atoms with van der Waals surface area (Å²) in [5.74, 6) is 0. The molecule has 0 atom stereocenters. The van der Waals surface area contributed by atoms with E-state index >= 15 is 0 Å². The highest BCUT2D eigenvalue weighted by atomic mass is 16.4. The number of allylic oxidation sites excluding steroid dienone is 2. The lowest BCUT2D eigenvalue weighted by Crippen LogP contribution is -2.45. The number of rotatable bonds is 0. The van der Waals surface area contributed by atoms with Crippen LogP contribution in [0.2, 0.25) is 0 Å². The number of carbonyl (C=O) groups is 2. The van der Waals surface area contributed by atoms with E-state index in [1.54, 1.807) is 0 Å². The van der Waals surface area contributed by atoms with E-state index in [0.717, 1.165) is 12.4 Å². The molecule has 5 heteroatoms. The van der Waals surface area contributed by atoms with E-state index in [4.69, 9.17) is 10.2 Å². The number of hydrogen-bond acceptors (Lipinski definition) is 2. The molecule has 0 spiro atoms. The Morgan fingerprint density at radius 3 is 1.55 bits per heavy atom. The molecule has 0 aromatic rings. The van der Waals surface area contributed by atoms with Crippen molar-refractivity contribution in [3.8, 4) is 0 Å². The molecule has 1 heterocycles. The van der Waals surface area contributed by atoms with Crippen molar-refractivity contribution in [3.05, 3.63) is 24.6 Å². The highest BCUT2D eigenvalue weighted by Gasteiger charge is 2.43. The lowest BCUT2D eigenvalue weighted by atomic mass is 10.6. The minimum absolute atomic E-state index is 1.07. The summed E-state index contributed by atoms with van der Waals surface area (Å²) in [6.45, 7) is 0. The zero-order chi connectivity index (χ0) is 8.48. The molecule has 11 heavy (non-hydrogen) atoms. The van der Waals surface area contributed by atoms with Gasteiger partial charge in [-0.05, 0) is 12.2 Å². The quantitative estimate of drug-likeness (QED) is 0.516. The highest BCUT2D eigenvalue weighted by molar-refractivity contribution is 5.76. The first-order valence-corrected chi connectivity index (χ1v) is 2.82. The Labute approximate surface area is 62.1 Å². The van der Waals surface area contributed by atoms with Gasteiger partial charge in [0.1, 0.15) is 12.4 Å². The van der Waals surface area contributed by atoms with E-state index in [-0.39, 0.29) is 0 Å². The molecule has 0 saturated heterocycles. The van der Waals surface area contributed by atoms with Gasteiger partial charge in [-0.3, -0.25) is 0 Å². The molecule has 2 amide bonds. The Hall–Kier alpha value is -1.62. The van der Waals surface area contributed by atoms with Gasteiger partial charge in [-0.15, -0.1) is 0 Å². The van der Waals surface area contributed by atoms with Gasteiger partial charge >= 0.3 is 12.2 Å². The van der Waals surface area contributed by atoms with Crippen LogP contribution < -0.4 is 0 Å². The number of imide groups is 1. The van der Waals surface area contributed by atoms with E-state index in [9.17, 15) is 9.59 Å². The van der Waals surface area contributed by atoms with E-state index in [0.29, 0.717) is 0 Å². The summed E-state index contributed by atoms with van der Waals surface area (Å²) in [7, 11) is 0. The smallest absolute Gasteiger partial charge is 0.434 e. The van der Waals surface area contributed by atoms with Crippen molar-refractivity contribution in [2.24, 2.45) is 0 Å². The molecule has 2 N–H and O–H groups in total. The van der Waals surface area contributed by atoms with Crippen LogP contribution in [0.4, 0.5) is 9.59 Å². The van der Waals surface area contributed by atoms with Gasteiger partial charge in [-0.25, -0.2) is 0 Å². The van der Waals surface area contributed by atoms with Gasteiger partial charge < -0.3 is 10.2 Å². The average molecular weight is 156 g/mol. The number of carboxylic acid groups (broad SMARTS) is 2. The monoisotopic (exact) mass is 156 g/mol. The highest BCUT2D eigenvalue weighted by Crippen LogP contribution is 2.16. The third kappa shape index (κ3) is 0.908. The van der Waals surface area contributed by atoms with Crippen LogP contribution >= 0.6 is 0 Å². The Morgan fingerprint density at radius 2 is 1.36 bits per heavy atom. The molecule has 0 bridgehead atoms. The summed E-state index contributed by atoms with van der Waals surface area (Å²) in [5, 5.41) is 17.0. The van der Waals surface area contributed by atoms with E-state index < -0.39 is 16.7 Å². The molecule has 0 radical (unpaired) electrons. The van der Waals surface area contributed by atoms with Gasteiger partial charge in [0.15, 0.2) is 0 Å². The van der Waals surface area contributed by atoms with Crippen molar-refractivity contribution in [1.82, 2.24) is 0 Å². The molecule has 1 rings (SSSR count). The SMILES string of the molecule is O=C(O)[N+]1(C(=O)O)C=CC=C1. The second-order valence-electron chi connectivity index (χ2n) is 2.03. The molecule has 0 unspecified atom stereocenters. The Kier molecular flexibility index (Phi) is 1.50. The second-order valence-corrected chi connectivity index (χ2v) is 2.03. The fraction of sp³-hybridized carbons (Fsp3) is 0. The van der Waals surface area contributed by atoms with Gasteiger partial charge in [0, 0.05) is 0 Å². The van der Waals surface area contributed by atoms with Crippen LogP contribution in [0.3, 0.4) is 0 Å². The molecule has 0 aliphatic carbocycles. The zero-order valence-corrected chi connectivity index (χ0v) is 5.47. The summed E-state index contributed by atoms with van der Waals surface area (Å²) in [5.41, 5.74) is 0. The predicted molar refractivity (Wildman–Crippen MR) is 34.6 cm³/mol. The van der Waals surface area contributed by atoms with Crippen molar-refractivity contribution >= 4 is 12.2 Å². The standard InChI is InChI=1S/C6H5NO4/c8-5(9)7(6(10)11)3-1-2-4-7/h1-4H,(H-,8,9,10,11)/p+1. The molecule has 0 saturated carbocycles. The Bertz CT molecular complexity index is 238. The van der Waals surface area contributed by atoms with Crippen LogP contribution in [0.1, 0.15) is 0 Å². The maximum Gasteiger partial charge on any atom is 0.533 e. The molecule has 1 aliphatic heterocycles. The molecular weight excluding hydrogens is 150 g/mol. The molecule has 0 aromatic heterocycles. The van der Waals surface area contributed by atoms with Crippen LogP contribution in [0.15, 0.2) is 24.6 Å². The summed E-state index contributed by atoms with van der Waals surface area (Å²) in [6.07, 6.45) is 2.05. The molecule has 0 aromatic carbocycles. The van der Waals surface area contributed by atoms with E-state index in [2.05, 4.69) is 0 Å². The third-order valence-corrected chi connectivity index (χ3v) is 1.39. The minimum Gasteiger partial charge on any atom is -0.434 e. The Balaban J connectivity index is 3.09. The summed E-state index contributed by atoms with van der Waals surface area (Å²) < 4.78 is -1.17. The topological polar surface area (TPSA) is 74.6 Å². The van der Waals surface area contributed by atoms with Crippen molar-refractivity contribution in [3.63, 3.8) is 0 Å². The summed E-state index contributed by atoms with van der Waals surface area (Å²) >= 11 is 0. The Morgan fingerprint density at radius 1 is 1.00 bits per heavy atom. The zero-order valence-electron chi connectivity index (χ0n) is 5.47. The van der Waals surface area contributed by atoms with Crippen LogP contribution in [0.25, 0.3) is 0 Å². The van der Waals surface area contributed by atoms with Gasteiger partial charge in [0.2, 0.25) is 0 Å². The van der Waals surface area contributed by atoms with Crippen molar-refractivity contribution in [2.75, 3.05) is 0 Å². The van der Waals surface area contributed by atoms with Crippen LogP contribution in [0, 0.1) is 0 Å². The predicted octanol–water partition coefficient (Wildman–Crippen LogP) is 1.20. The molecule has 5 nitrogen and oxygen atoms in total. The molecule has 0 fully saturated rings. The van der Waals surface area contributed by atoms with E-state index in [1.807, 2.05) is 0 Å². The largest absolute Gasteiger partial charge is 0.533 e. The number of nitrogens with zero attached hydrogens (tertiary/aromatic N) is 1. The van der Waals surface area contributed by atoms with Gasteiger partial charge in [0.25, 0.3) is 0 Å². The van der Waals surface area contributed by atoms with Crippen LogP contribution in [-0.2, 0) is 0 Å². The van der Waals surface area contributed by atoms with Crippen molar-refractivity contribution in [1.29, 1.82) is 0 Å². The van der Waals surface area contributed by atoms with Gasteiger partial charge in [-0.2, -0.15) is 9.59 Å². The lowest BCUT2D eigenvalue weighted by Gasteiger charge is -2.13. The maximum absolute atomic E-state index is 10.5. The molecule has 1 aliphatic rings. The van der Waals surface area contributed by atoms with Gasteiger partial charge in [0.05, 0.1) is 0 Å². The van der Waals surface area contributed by atoms with Gasteiger partial charge in [-0.1, -0.05) is 4.48 Å². The van der Waals surface area contributed by atoms with Crippen LogP contribution in [0.5, 0.6) is 0 Å². The number of hydrogen-bond donors (Lipinski definition) is 2. The van der Waals surface area contributed by atoms with Crippen molar-refractivity contribution < 1.29 is 24.3 Å². The average Bonchev–Trinajstić information content (AvgIpc) is 2.34. The molecular formula is C6H6NO4+. The minimum atomic E-state index is -1.43. The lowest BCUT2D eigenvalue weighted by molar-refractivity contribution is -0.669. The third-order valence-electron chi connectivity index (χ3n) is 1.39. The van der Waals surface area contributed by atoms with Crippen LogP contribution in [-0.4, -0.2) is 26.9 Å². The first kappa shape index (κ1) is 7.49. The maximum atomic E-state index is 10.5. The number of quaternary nitrogens is 1. The fourth-order valence-corrected chi connectivity index (χ4v) is 0.757. The summed E-state index contributed by atoms with van der Waals surface area (Å²) in [6, 6.07) is 0.